The number of carbonyl (C=O) groups is 1. The molecule has 2 aromatic carbocycles. The number of hydrogen-bond donors (Lipinski definition) is 1. The van der Waals surface area contributed by atoms with Gasteiger partial charge in [0.2, 0.25) is 0 Å². The molecule has 116 valence electrons. The SMILES string of the molecule is O=C(Nc1ccc(F)cc1F)c1cnn(Cc2ccccc2)c1. The highest BCUT2D eigenvalue weighted by molar-refractivity contribution is 6.03. The van der Waals surface area contributed by atoms with E-state index in [4.69, 9.17) is 0 Å². The highest BCUT2D eigenvalue weighted by atomic mass is 19.1. The van der Waals surface area contributed by atoms with Crippen molar-refractivity contribution in [1.82, 2.24) is 9.78 Å². The topological polar surface area (TPSA) is 46.9 Å². The zero-order valence-electron chi connectivity index (χ0n) is 12.0. The molecule has 6 heteroatoms. The summed E-state index contributed by atoms with van der Waals surface area (Å²) in [7, 11) is 0. The van der Waals surface area contributed by atoms with Gasteiger partial charge in [-0.3, -0.25) is 9.48 Å². The average Bonchev–Trinajstić information content (AvgIpc) is 3.00. The van der Waals surface area contributed by atoms with E-state index < -0.39 is 17.5 Å². The molecule has 0 saturated heterocycles. The maximum absolute atomic E-state index is 13.5. The molecule has 0 aliphatic carbocycles. The molecular weight excluding hydrogens is 300 g/mol. The summed E-state index contributed by atoms with van der Waals surface area (Å²) in [6.45, 7) is 0.527. The molecule has 0 radical (unpaired) electrons. The van der Waals surface area contributed by atoms with Gasteiger partial charge in [0.15, 0.2) is 0 Å². The predicted molar refractivity (Wildman–Crippen MR) is 82.1 cm³/mol. The fourth-order valence-electron chi connectivity index (χ4n) is 2.12. The number of hydrogen-bond acceptors (Lipinski definition) is 2. The van der Waals surface area contributed by atoms with E-state index in [0.717, 1.165) is 11.6 Å². The molecule has 0 saturated carbocycles. The minimum absolute atomic E-state index is 0.0767. The molecule has 3 aromatic rings. The second kappa shape index (κ2) is 6.39. The van der Waals surface area contributed by atoms with Gasteiger partial charge < -0.3 is 5.32 Å². The van der Waals surface area contributed by atoms with Crippen molar-refractivity contribution >= 4 is 11.6 Å². The molecule has 0 aliphatic rings. The summed E-state index contributed by atoms with van der Waals surface area (Å²) in [5.74, 6) is -2.03. The number of amides is 1. The molecule has 4 nitrogen and oxygen atoms in total. The smallest absolute Gasteiger partial charge is 0.258 e. The Labute approximate surface area is 131 Å². The molecule has 3 rings (SSSR count). The van der Waals surface area contributed by atoms with Crippen molar-refractivity contribution < 1.29 is 13.6 Å². The minimum Gasteiger partial charge on any atom is -0.319 e. The number of aromatic nitrogens is 2. The summed E-state index contributed by atoms with van der Waals surface area (Å²) in [4.78, 5) is 12.1. The Morgan fingerprint density at radius 2 is 1.91 bits per heavy atom. The molecule has 1 N–H and O–H groups in total. The van der Waals surface area contributed by atoms with Crippen LogP contribution in [0.2, 0.25) is 0 Å². The summed E-state index contributed by atoms with van der Waals surface area (Å²) < 4.78 is 28.0. The van der Waals surface area contributed by atoms with Gasteiger partial charge in [-0.1, -0.05) is 30.3 Å². The molecule has 1 amide bonds. The first-order chi connectivity index (χ1) is 11.1. The second-order valence-corrected chi connectivity index (χ2v) is 4.99. The molecular formula is C17H13F2N3O. The zero-order valence-corrected chi connectivity index (χ0v) is 12.0. The quantitative estimate of drug-likeness (QED) is 0.802. The lowest BCUT2D eigenvalue weighted by atomic mass is 10.2. The van der Waals surface area contributed by atoms with Crippen LogP contribution in [0.3, 0.4) is 0 Å². The first-order valence-corrected chi connectivity index (χ1v) is 6.94. The van der Waals surface area contributed by atoms with E-state index in [1.807, 2.05) is 30.3 Å². The van der Waals surface area contributed by atoms with Crippen LogP contribution in [-0.4, -0.2) is 15.7 Å². The van der Waals surface area contributed by atoms with E-state index in [-0.39, 0.29) is 5.69 Å². The first kappa shape index (κ1) is 14.9. The molecule has 0 fully saturated rings. The number of benzene rings is 2. The molecule has 0 bridgehead atoms. The van der Waals surface area contributed by atoms with E-state index in [1.165, 1.54) is 12.3 Å². The largest absolute Gasteiger partial charge is 0.319 e. The summed E-state index contributed by atoms with van der Waals surface area (Å²) in [6, 6.07) is 12.6. The third kappa shape index (κ3) is 3.60. The Bertz CT molecular complexity index is 831. The fraction of sp³-hybridized carbons (Fsp3) is 0.0588. The number of halogens is 2. The van der Waals surface area contributed by atoms with Gasteiger partial charge in [0.25, 0.3) is 5.91 Å². The zero-order chi connectivity index (χ0) is 16.2. The lowest BCUT2D eigenvalue weighted by Gasteiger charge is -2.05. The first-order valence-electron chi connectivity index (χ1n) is 6.94. The Morgan fingerprint density at radius 1 is 1.13 bits per heavy atom. The van der Waals surface area contributed by atoms with Gasteiger partial charge in [-0.05, 0) is 17.7 Å². The van der Waals surface area contributed by atoms with Crippen LogP contribution in [0.25, 0.3) is 0 Å². The number of rotatable bonds is 4. The highest BCUT2D eigenvalue weighted by Crippen LogP contribution is 2.16. The summed E-state index contributed by atoms with van der Waals surface area (Å²) in [5.41, 5.74) is 1.27. The van der Waals surface area contributed by atoms with Gasteiger partial charge in [0, 0.05) is 12.3 Å². The molecule has 0 atom stereocenters. The summed E-state index contributed by atoms with van der Waals surface area (Å²) >= 11 is 0. The van der Waals surface area contributed by atoms with Crippen molar-refractivity contribution in [2.75, 3.05) is 5.32 Å². The standard InChI is InChI=1S/C17H13F2N3O/c18-14-6-7-16(15(19)8-14)21-17(23)13-9-20-22(11-13)10-12-4-2-1-3-5-12/h1-9,11H,10H2,(H,21,23). The van der Waals surface area contributed by atoms with Gasteiger partial charge >= 0.3 is 0 Å². The number of nitrogens with zero attached hydrogens (tertiary/aromatic N) is 2. The Hall–Kier alpha value is -3.02. The fourth-order valence-corrected chi connectivity index (χ4v) is 2.12. The minimum atomic E-state index is -0.824. The van der Waals surface area contributed by atoms with Crippen LogP contribution in [0, 0.1) is 11.6 Å². The number of anilines is 1. The number of nitrogens with one attached hydrogen (secondary N) is 1. The van der Waals surface area contributed by atoms with E-state index >= 15 is 0 Å². The third-order valence-corrected chi connectivity index (χ3v) is 3.26. The van der Waals surface area contributed by atoms with E-state index in [1.54, 1.807) is 10.9 Å². The van der Waals surface area contributed by atoms with Crippen molar-refractivity contribution in [3.63, 3.8) is 0 Å². The van der Waals surface area contributed by atoms with E-state index in [0.29, 0.717) is 18.2 Å². The third-order valence-electron chi connectivity index (χ3n) is 3.26. The van der Waals surface area contributed by atoms with E-state index in [2.05, 4.69) is 10.4 Å². The van der Waals surface area contributed by atoms with Crippen LogP contribution in [0.15, 0.2) is 60.9 Å². The average molecular weight is 313 g/mol. The molecule has 1 aromatic heterocycles. The Morgan fingerprint density at radius 3 is 2.65 bits per heavy atom. The number of carbonyl (C=O) groups excluding carboxylic acids is 1. The molecule has 0 unspecified atom stereocenters. The van der Waals surface area contributed by atoms with Crippen molar-refractivity contribution in [1.29, 1.82) is 0 Å². The lowest BCUT2D eigenvalue weighted by Crippen LogP contribution is -2.12. The van der Waals surface area contributed by atoms with Crippen molar-refractivity contribution in [2.45, 2.75) is 6.54 Å². The normalized spacial score (nSPS) is 10.5. The molecule has 0 spiro atoms. The highest BCUT2D eigenvalue weighted by Gasteiger charge is 2.12. The van der Waals surface area contributed by atoms with Crippen LogP contribution in [-0.2, 0) is 6.54 Å². The van der Waals surface area contributed by atoms with Crippen LogP contribution in [0.4, 0.5) is 14.5 Å². The van der Waals surface area contributed by atoms with Crippen LogP contribution in [0.5, 0.6) is 0 Å². The van der Waals surface area contributed by atoms with Gasteiger partial charge in [0.05, 0.1) is 24.0 Å². The van der Waals surface area contributed by atoms with Crippen molar-refractivity contribution in [2.24, 2.45) is 0 Å². The van der Waals surface area contributed by atoms with Crippen LogP contribution in [0.1, 0.15) is 15.9 Å². The summed E-state index contributed by atoms with van der Waals surface area (Å²) in [5, 5.41) is 6.51. The van der Waals surface area contributed by atoms with Crippen molar-refractivity contribution in [3.8, 4) is 0 Å². The Balaban J connectivity index is 1.71. The molecule has 1 heterocycles. The maximum Gasteiger partial charge on any atom is 0.258 e. The summed E-state index contributed by atoms with van der Waals surface area (Å²) in [6.07, 6.45) is 2.98. The monoisotopic (exact) mass is 313 g/mol. The van der Waals surface area contributed by atoms with Crippen LogP contribution < -0.4 is 5.32 Å². The lowest BCUT2D eigenvalue weighted by molar-refractivity contribution is 0.102. The maximum atomic E-state index is 13.5. The van der Waals surface area contributed by atoms with Gasteiger partial charge in [-0.2, -0.15) is 5.10 Å². The van der Waals surface area contributed by atoms with Crippen LogP contribution >= 0.6 is 0 Å². The predicted octanol–water partition coefficient (Wildman–Crippen LogP) is 3.46. The molecule has 23 heavy (non-hydrogen) atoms. The van der Waals surface area contributed by atoms with E-state index in [9.17, 15) is 13.6 Å². The van der Waals surface area contributed by atoms with Gasteiger partial charge in [-0.25, -0.2) is 8.78 Å². The molecule has 0 aliphatic heterocycles. The Kier molecular flexibility index (Phi) is 4.14. The van der Waals surface area contributed by atoms with Gasteiger partial charge in [0.1, 0.15) is 11.6 Å². The second-order valence-electron chi connectivity index (χ2n) is 4.99. The van der Waals surface area contributed by atoms with Crippen molar-refractivity contribution in [3.05, 3.63) is 83.7 Å². The van der Waals surface area contributed by atoms with Gasteiger partial charge in [-0.15, -0.1) is 0 Å².